The summed E-state index contributed by atoms with van der Waals surface area (Å²) >= 11 is 0. The topological polar surface area (TPSA) is 38.5 Å². The molecule has 0 aromatic heterocycles. The third-order valence-electron chi connectivity index (χ3n) is 3.72. The Bertz CT molecular complexity index is 247. The molecule has 0 amide bonds. The highest BCUT2D eigenvalue weighted by Gasteiger charge is 2.42. The van der Waals surface area contributed by atoms with Crippen LogP contribution in [-0.2, 0) is 4.74 Å². The van der Waals surface area contributed by atoms with Crippen LogP contribution < -0.4 is 5.73 Å². The Kier molecular flexibility index (Phi) is 3.06. The van der Waals surface area contributed by atoms with Gasteiger partial charge in [0.25, 0.3) is 0 Å². The molecule has 2 fully saturated rings. The molecule has 1 heterocycles. The molecular formula is C13H26N2O. The standard InChI is InChI=1S/C13H26N2O/c1-12(2)8-15(9-13(3,4)16-12)11-7-5-6-10(11)14/h10-11H,5-9,14H2,1-4H3. The second kappa shape index (κ2) is 3.97. The van der Waals surface area contributed by atoms with Crippen LogP contribution in [0.15, 0.2) is 0 Å². The van der Waals surface area contributed by atoms with Crippen molar-refractivity contribution in [2.24, 2.45) is 5.73 Å². The second-order valence-electron chi connectivity index (χ2n) is 6.69. The highest BCUT2D eigenvalue weighted by atomic mass is 16.5. The molecule has 0 aromatic rings. The van der Waals surface area contributed by atoms with Gasteiger partial charge in [0.05, 0.1) is 11.2 Å². The van der Waals surface area contributed by atoms with E-state index >= 15 is 0 Å². The second-order valence-corrected chi connectivity index (χ2v) is 6.69. The normalized spacial score (nSPS) is 38.8. The van der Waals surface area contributed by atoms with Crippen LogP contribution in [0.25, 0.3) is 0 Å². The first kappa shape index (κ1) is 12.3. The molecule has 2 rings (SSSR count). The number of ether oxygens (including phenoxy) is 1. The molecule has 0 aromatic carbocycles. The third-order valence-corrected chi connectivity index (χ3v) is 3.72. The van der Waals surface area contributed by atoms with Crippen LogP contribution in [0.2, 0.25) is 0 Å². The summed E-state index contributed by atoms with van der Waals surface area (Å²) < 4.78 is 6.10. The lowest BCUT2D eigenvalue weighted by Gasteiger charge is -2.49. The van der Waals surface area contributed by atoms with Crippen LogP contribution in [0.5, 0.6) is 0 Å². The largest absolute Gasteiger partial charge is 0.367 e. The van der Waals surface area contributed by atoms with E-state index in [2.05, 4.69) is 32.6 Å². The fourth-order valence-corrected chi connectivity index (χ4v) is 3.50. The van der Waals surface area contributed by atoms with Gasteiger partial charge in [-0.3, -0.25) is 4.90 Å². The average molecular weight is 226 g/mol. The fourth-order valence-electron chi connectivity index (χ4n) is 3.50. The molecule has 2 unspecified atom stereocenters. The number of rotatable bonds is 1. The van der Waals surface area contributed by atoms with Gasteiger partial charge in [0, 0.05) is 25.2 Å². The summed E-state index contributed by atoms with van der Waals surface area (Å²) in [6, 6.07) is 0.937. The highest BCUT2D eigenvalue weighted by Crippen LogP contribution is 2.33. The van der Waals surface area contributed by atoms with Crippen molar-refractivity contribution in [3.8, 4) is 0 Å². The number of nitrogens with two attached hydrogens (primary N) is 1. The van der Waals surface area contributed by atoms with E-state index in [1.54, 1.807) is 0 Å². The minimum atomic E-state index is -0.0515. The predicted octanol–water partition coefficient (Wildman–Crippen LogP) is 1.76. The van der Waals surface area contributed by atoms with Crippen molar-refractivity contribution in [1.82, 2.24) is 4.90 Å². The molecule has 1 saturated carbocycles. The quantitative estimate of drug-likeness (QED) is 0.740. The Morgan fingerprint density at radius 1 is 1.06 bits per heavy atom. The Morgan fingerprint density at radius 2 is 1.62 bits per heavy atom. The monoisotopic (exact) mass is 226 g/mol. The Hall–Kier alpha value is -0.120. The molecule has 0 radical (unpaired) electrons. The summed E-state index contributed by atoms with van der Waals surface area (Å²) in [6.45, 7) is 10.7. The van der Waals surface area contributed by atoms with Gasteiger partial charge in [-0.2, -0.15) is 0 Å². The van der Waals surface area contributed by atoms with Crippen LogP contribution in [-0.4, -0.2) is 41.3 Å². The molecule has 16 heavy (non-hydrogen) atoms. The van der Waals surface area contributed by atoms with Crippen LogP contribution in [0, 0.1) is 0 Å². The van der Waals surface area contributed by atoms with E-state index in [4.69, 9.17) is 10.5 Å². The van der Waals surface area contributed by atoms with Gasteiger partial charge >= 0.3 is 0 Å². The van der Waals surface area contributed by atoms with Gasteiger partial charge in [-0.25, -0.2) is 0 Å². The van der Waals surface area contributed by atoms with Crippen molar-refractivity contribution in [1.29, 1.82) is 0 Å². The first-order valence-electron chi connectivity index (χ1n) is 6.49. The lowest BCUT2D eigenvalue weighted by Crippen LogP contribution is -2.61. The first-order chi connectivity index (χ1) is 7.29. The zero-order chi connectivity index (χ0) is 12.0. The van der Waals surface area contributed by atoms with Gasteiger partial charge in [0.1, 0.15) is 0 Å². The summed E-state index contributed by atoms with van der Waals surface area (Å²) in [5.41, 5.74) is 6.10. The fraction of sp³-hybridized carbons (Fsp3) is 1.00. The van der Waals surface area contributed by atoms with Gasteiger partial charge in [-0.1, -0.05) is 6.42 Å². The van der Waals surface area contributed by atoms with Crippen molar-refractivity contribution in [3.05, 3.63) is 0 Å². The van der Waals surface area contributed by atoms with E-state index in [1.165, 1.54) is 19.3 Å². The summed E-state index contributed by atoms with van der Waals surface area (Å²) in [4.78, 5) is 2.56. The Labute approximate surface area is 99.3 Å². The zero-order valence-corrected chi connectivity index (χ0v) is 11.1. The van der Waals surface area contributed by atoms with Crippen molar-refractivity contribution in [3.63, 3.8) is 0 Å². The minimum absolute atomic E-state index is 0.0515. The number of hydrogen-bond acceptors (Lipinski definition) is 3. The Morgan fingerprint density at radius 3 is 2.06 bits per heavy atom. The molecule has 2 aliphatic rings. The van der Waals surface area contributed by atoms with Crippen molar-refractivity contribution < 1.29 is 4.74 Å². The molecule has 0 bridgehead atoms. The van der Waals surface area contributed by atoms with Gasteiger partial charge in [0.15, 0.2) is 0 Å². The smallest absolute Gasteiger partial charge is 0.0760 e. The molecule has 1 aliphatic carbocycles. The van der Waals surface area contributed by atoms with Gasteiger partial charge in [-0.05, 0) is 40.5 Å². The maximum Gasteiger partial charge on any atom is 0.0760 e. The van der Waals surface area contributed by atoms with E-state index in [0.717, 1.165) is 13.1 Å². The van der Waals surface area contributed by atoms with Gasteiger partial charge in [0.2, 0.25) is 0 Å². The van der Waals surface area contributed by atoms with Gasteiger partial charge in [-0.15, -0.1) is 0 Å². The molecule has 2 atom stereocenters. The SMILES string of the molecule is CC1(C)CN(C2CCCC2N)CC(C)(C)O1. The summed E-state index contributed by atoms with van der Waals surface area (Å²) in [5.74, 6) is 0. The van der Waals surface area contributed by atoms with Crippen molar-refractivity contribution in [2.75, 3.05) is 13.1 Å². The van der Waals surface area contributed by atoms with Crippen molar-refractivity contribution >= 4 is 0 Å². The lowest BCUT2D eigenvalue weighted by atomic mass is 9.96. The van der Waals surface area contributed by atoms with E-state index in [1.807, 2.05) is 0 Å². The van der Waals surface area contributed by atoms with Crippen LogP contribution in [0.4, 0.5) is 0 Å². The Balaban J connectivity index is 2.10. The number of hydrogen-bond donors (Lipinski definition) is 1. The lowest BCUT2D eigenvalue weighted by molar-refractivity contribution is -0.188. The maximum absolute atomic E-state index is 6.20. The average Bonchev–Trinajstić information content (AvgIpc) is 2.45. The molecule has 94 valence electrons. The zero-order valence-electron chi connectivity index (χ0n) is 11.1. The first-order valence-corrected chi connectivity index (χ1v) is 6.49. The third kappa shape index (κ3) is 2.58. The van der Waals surface area contributed by atoms with Crippen LogP contribution in [0.1, 0.15) is 47.0 Å². The van der Waals surface area contributed by atoms with Crippen LogP contribution >= 0.6 is 0 Å². The molecule has 0 spiro atoms. The molecule has 3 nitrogen and oxygen atoms in total. The summed E-state index contributed by atoms with van der Waals surface area (Å²) in [5, 5.41) is 0. The molecule has 3 heteroatoms. The van der Waals surface area contributed by atoms with E-state index in [0.29, 0.717) is 12.1 Å². The number of morpholine rings is 1. The number of nitrogens with zero attached hydrogens (tertiary/aromatic N) is 1. The van der Waals surface area contributed by atoms with E-state index in [-0.39, 0.29) is 11.2 Å². The van der Waals surface area contributed by atoms with Crippen molar-refractivity contribution in [2.45, 2.75) is 70.2 Å². The van der Waals surface area contributed by atoms with E-state index in [9.17, 15) is 0 Å². The molecule has 1 aliphatic heterocycles. The molecular weight excluding hydrogens is 200 g/mol. The highest BCUT2D eigenvalue weighted by molar-refractivity contribution is 4.96. The minimum Gasteiger partial charge on any atom is -0.367 e. The maximum atomic E-state index is 6.20. The molecule has 1 saturated heterocycles. The summed E-state index contributed by atoms with van der Waals surface area (Å²) in [7, 11) is 0. The van der Waals surface area contributed by atoms with E-state index < -0.39 is 0 Å². The molecule has 2 N–H and O–H groups in total. The summed E-state index contributed by atoms with van der Waals surface area (Å²) in [6.07, 6.45) is 3.72. The van der Waals surface area contributed by atoms with Crippen LogP contribution in [0.3, 0.4) is 0 Å². The predicted molar refractivity (Wildman–Crippen MR) is 66.4 cm³/mol. The van der Waals surface area contributed by atoms with Gasteiger partial charge < -0.3 is 10.5 Å².